The first-order chi connectivity index (χ1) is 7.29. The van der Waals surface area contributed by atoms with Crippen molar-refractivity contribution in [3.8, 4) is 24.1 Å². The number of anilines is 1. The van der Waals surface area contributed by atoms with Gasteiger partial charge in [0.1, 0.15) is 11.9 Å². The van der Waals surface area contributed by atoms with E-state index >= 15 is 0 Å². The van der Waals surface area contributed by atoms with Crippen molar-refractivity contribution in [2.24, 2.45) is 0 Å². The third-order valence-electron chi connectivity index (χ3n) is 1.76. The molecule has 0 saturated heterocycles. The number of hydrogen-bond acceptors (Lipinski definition) is 4. The smallest absolute Gasteiger partial charge is 0.230 e. The summed E-state index contributed by atoms with van der Waals surface area (Å²) in [7, 11) is 0. The standard InChI is InChI=1S/C10H8N4O/c1-2-15-10-4-3-8(7-12-10)14-6-5-9(11)13-14/h1,3-7H,(H2,11,13). The largest absolute Gasteiger partial charge is 0.388 e. The monoisotopic (exact) mass is 200 g/mol. The Hall–Kier alpha value is -2.48. The molecule has 5 nitrogen and oxygen atoms in total. The lowest BCUT2D eigenvalue weighted by atomic mass is 10.4. The zero-order valence-corrected chi connectivity index (χ0v) is 7.79. The van der Waals surface area contributed by atoms with Gasteiger partial charge in [0.25, 0.3) is 0 Å². The second kappa shape index (κ2) is 3.72. The molecule has 0 aliphatic heterocycles. The Morgan fingerprint density at radius 3 is 2.80 bits per heavy atom. The van der Waals surface area contributed by atoms with Crippen LogP contribution in [0.4, 0.5) is 5.82 Å². The van der Waals surface area contributed by atoms with Gasteiger partial charge >= 0.3 is 0 Å². The van der Waals surface area contributed by atoms with Gasteiger partial charge in [-0.2, -0.15) is 5.10 Å². The molecule has 0 atom stereocenters. The van der Waals surface area contributed by atoms with Crippen molar-refractivity contribution >= 4 is 5.82 Å². The number of nitrogens with zero attached hydrogens (tertiary/aromatic N) is 3. The van der Waals surface area contributed by atoms with E-state index in [1.165, 1.54) is 0 Å². The highest BCUT2D eigenvalue weighted by Gasteiger charge is 1.99. The van der Waals surface area contributed by atoms with E-state index in [2.05, 4.69) is 10.1 Å². The van der Waals surface area contributed by atoms with Crippen molar-refractivity contribution in [2.45, 2.75) is 0 Å². The van der Waals surface area contributed by atoms with Crippen LogP contribution >= 0.6 is 0 Å². The summed E-state index contributed by atoms with van der Waals surface area (Å²) in [4.78, 5) is 3.99. The van der Waals surface area contributed by atoms with Crippen molar-refractivity contribution in [1.82, 2.24) is 14.8 Å². The predicted octanol–water partition coefficient (Wildman–Crippen LogP) is 0.819. The molecule has 0 amide bonds. The molecule has 0 bridgehead atoms. The molecular weight excluding hydrogens is 192 g/mol. The quantitative estimate of drug-likeness (QED) is 0.729. The lowest BCUT2D eigenvalue weighted by Gasteiger charge is -2.00. The third kappa shape index (κ3) is 1.89. The number of pyridine rings is 1. The van der Waals surface area contributed by atoms with E-state index in [4.69, 9.17) is 16.9 Å². The summed E-state index contributed by atoms with van der Waals surface area (Å²) in [6, 6.07) is 5.14. The van der Waals surface area contributed by atoms with E-state index in [1.807, 2.05) is 6.11 Å². The molecule has 2 rings (SSSR count). The number of rotatable bonds is 2. The summed E-state index contributed by atoms with van der Waals surface area (Å²) in [6.07, 6.45) is 10.3. The van der Waals surface area contributed by atoms with Gasteiger partial charge in [-0.1, -0.05) is 6.42 Å². The molecular formula is C10H8N4O. The van der Waals surface area contributed by atoms with E-state index in [0.717, 1.165) is 5.69 Å². The van der Waals surface area contributed by atoms with Crippen LogP contribution in [-0.2, 0) is 0 Å². The molecule has 0 aliphatic carbocycles. The summed E-state index contributed by atoms with van der Waals surface area (Å²) in [6.45, 7) is 0. The molecule has 0 fully saturated rings. The molecule has 2 heterocycles. The molecule has 0 unspecified atom stereocenters. The Balaban J connectivity index is 2.28. The van der Waals surface area contributed by atoms with Crippen molar-refractivity contribution in [3.63, 3.8) is 0 Å². The van der Waals surface area contributed by atoms with Gasteiger partial charge in [-0.25, -0.2) is 9.67 Å². The Morgan fingerprint density at radius 2 is 2.27 bits per heavy atom. The van der Waals surface area contributed by atoms with E-state index in [9.17, 15) is 0 Å². The zero-order valence-electron chi connectivity index (χ0n) is 7.79. The van der Waals surface area contributed by atoms with E-state index < -0.39 is 0 Å². The molecule has 2 N–H and O–H groups in total. The normalized spacial score (nSPS) is 9.53. The highest BCUT2D eigenvalue weighted by molar-refractivity contribution is 5.34. The number of aromatic nitrogens is 3. The number of nitrogen functional groups attached to an aromatic ring is 1. The molecule has 5 heteroatoms. The minimum Gasteiger partial charge on any atom is -0.388 e. The van der Waals surface area contributed by atoms with Gasteiger partial charge in [0, 0.05) is 18.3 Å². The van der Waals surface area contributed by atoms with Crippen LogP contribution in [0, 0.1) is 12.5 Å². The number of ether oxygens (including phenoxy) is 1. The van der Waals surface area contributed by atoms with Crippen molar-refractivity contribution < 1.29 is 4.74 Å². The van der Waals surface area contributed by atoms with Crippen LogP contribution in [0.5, 0.6) is 5.88 Å². The van der Waals surface area contributed by atoms with Gasteiger partial charge < -0.3 is 10.5 Å². The summed E-state index contributed by atoms with van der Waals surface area (Å²) in [5.41, 5.74) is 6.28. The molecule has 0 spiro atoms. The second-order valence-corrected chi connectivity index (χ2v) is 2.76. The zero-order chi connectivity index (χ0) is 10.7. The number of terminal acetylenes is 1. The van der Waals surface area contributed by atoms with E-state index in [-0.39, 0.29) is 0 Å². The van der Waals surface area contributed by atoms with Gasteiger partial charge in [0.05, 0.1) is 11.9 Å². The molecule has 2 aromatic rings. The minimum atomic E-state index is 0.376. The summed E-state index contributed by atoms with van der Waals surface area (Å²) in [5.74, 6) is 0.834. The Kier molecular flexibility index (Phi) is 2.25. The first-order valence-corrected chi connectivity index (χ1v) is 4.19. The highest BCUT2D eigenvalue weighted by Crippen LogP contribution is 2.11. The lowest BCUT2D eigenvalue weighted by molar-refractivity contribution is 0.498. The minimum absolute atomic E-state index is 0.376. The molecule has 15 heavy (non-hydrogen) atoms. The summed E-state index contributed by atoms with van der Waals surface area (Å²) < 4.78 is 6.38. The molecule has 0 aromatic carbocycles. The van der Waals surface area contributed by atoms with E-state index in [1.54, 1.807) is 35.3 Å². The SMILES string of the molecule is C#COc1ccc(-n2ccc(N)n2)cn1. The Bertz CT molecular complexity index is 495. The van der Waals surface area contributed by atoms with E-state index in [0.29, 0.717) is 11.7 Å². The highest BCUT2D eigenvalue weighted by atomic mass is 16.5. The predicted molar refractivity (Wildman–Crippen MR) is 55.2 cm³/mol. The topological polar surface area (TPSA) is 66.0 Å². The molecule has 0 saturated carbocycles. The maximum absolute atomic E-state index is 5.49. The molecule has 0 radical (unpaired) electrons. The maximum atomic E-state index is 5.49. The van der Waals surface area contributed by atoms with Crippen LogP contribution in [0.3, 0.4) is 0 Å². The van der Waals surface area contributed by atoms with Gasteiger partial charge in [-0.05, 0) is 6.07 Å². The van der Waals surface area contributed by atoms with Gasteiger partial charge in [-0.15, -0.1) is 0 Å². The first kappa shape index (κ1) is 9.09. The lowest BCUT2D eigenvalue weighted by Crippen LogP contribution is -1.97. The second-order valence-electron chi connectivity index (χ2n) is 2.76. The van der Waals surface area contributed by atoms with Crippen LogP contribution in [0.1, 0.15) is 0 Å². The fraction of sp³-hybridized carbons (Fsp3) is 0. The molecule has 74 valence electrons. The van der Waals surface area contributed by atoms with Crippen molar-refractivity contribution in [3.05, 3.63) is 30.6 Å². The van der Waals surface area contributed by atoms with Gasteiger partial charge in [0.2, 0.25) is 5.88 Å². The first-order valence-electron chi connectivity index (χ1n) is 4.19. The number of nitrogens with two attached hydrogens (primary N) is 1. The van der Waals surface area contributed by atoms with Crippen LogP contribution in [-0.4, -0.2) is 14.8 Å². The van der Waals surface area contributed by atoms with Crippen LogP contribution in [0.25, 0.3) is 5.69 Å². The number of hydrogen-bond donors (Lipinski definition) is 1. The maximum Gasteiger partial charge on any atom is 0.230 e. The summed E-state index contributed by atoms with van der Waals surface area (Å²) in [5, 5.41) is 4.03. The third-order valence-corrected chi connectivity index (χ3v) is 1.76. The van der Waals surface area contributed by atoms with Crippen LogP contribution < -0.4 is 10.5 Å². The molecule has 0 aliphatic rings. The Labute approximate surface area is 86.5 Å². The Morgan fingerprint density at radius 1 is 1.40 bits per heavy atom. The average Bonchev–Trinajstić information content (AvgIpc) is 2.67. The van der Waals surface area contributed by atoms with Gasteiger partial charge in [-0.3, -0.25) is 0 Å². The molecule has 2 aromatic heterocycles. The van der Waals surface area contributed by atoms with Crippen LogP contribution in [0.2, 0.25) is 0 Å². The average molecular weight is 200 g/mol. The fourth-order valence-electron chi connectivity index (χ4n) is 1.11. The summed E-state index contributed by atoms with van der Waals surface area (Å²) >= 11 is 0. The van der Waals surface area contributed by atoms with Crippen molar-refractivity contribution in [2.75, 3.05) is 5.73 Å². The van der Waals surface area contributed by atoms with Crippen molar-refractivity contribution in [1.29, 1.82) is 0 Å². The van der Waals surface area contributed by atoms with Crippen LogP contribution in [0.15, 0.2) is 30.6 Å². The fourth-order valence-corrected chi connectivity index (χ4v) is 1.11. The van der Waals surface area contributed by atoms with Gasteiger partial charge in [0.15, 0.2) is 0 Å².